The van der Waals surface area contributed by atoms with Crippen molar-refractivity contribution in [3.63, 3.8) is 0 Å². The molecule has 0 aliphatic heterocycles. The minimum absolute atomic E-state index is 0.401. The maximum Gasteiger partial charge on any atom is 0.118 e. The number of methoxy groups -OCH3 is 1. The lowest BCUT2D eigenvalue weighted by Crippen LogP contribution is -2.15. The van der Waals surface area contributed by atoms with Gasteiger partial charge in [0.1, 0.15) is 5.75 Å². The van der Waals surface area contributed by atoms with Crippen molar-refractivity contribution in [3.8, 4) is 5.75 Å². The molecule has 2 aromatic carbocycles. The van der Waals surface area contributed by atoms with E-state index in [0.29, 0.717) is 0 Å². The van der Waals surface area contributed by atoms with Gasteiger partial charge in [-0.3, -0.25) is 0 Å². The molecule has 2 rings (SSSR count). The number of aliphatic hydroxyl groups is 1. The average molecular weight is 317 g/mol. The van der Waals surface area contributed by atoms with Crippen LogP contribution in [0.25, 0.3) is 0 Å². The molecule has 22 heavy (non-hydrogen) atoms. The lowest BCUT2D eigenvalue weighted by atomic mass is 10.1. The fourth-order valence-corrected chi connectivity index (χ4v) is 2.90. The summed E-state index contributed by atoms with van der Waals surface area (Å²) in [6.07, 6.45) is 0.347. The van der Waals surface area contributed by atoms with E-state index in [9.17, 15) is 5.11 Å². The molecule has 0 bridgehead atoms. The first-order valence-electron chi connectivity index (χ1n) is 7.33. The highest BCUT2D eigenvalue weighted by atomic mass is 32.2. The Kier molecular flexibility index (Phi) is 6.31. The minimum atomic E-state index is -0.401. The molecule has 0 amide bonds. The second-order valence-electron chi connectivity index (χ2n) is 5.45. The van der Waals surface area contributed by atoms with Gasteiger partial charge in [0.2, 0.25) is 0 Å². The first-order chi connectivity index (χ1) is 10.6. The van der Waals surface area contributed by atoms with Crippen LogP contribution in [0.3, 0.4) is 0 Å². The largest absolute Gasteiger partial charge is 0.497 e. The van der Waals surface area contributed by atoms with Crippen molar-refractivity contribution in [1.29, 1.82) is 0 Å². The predicted octanol–water partition coefficient (Wildman–Crippen LogP) is 3.83. The first kappa shape index (κ1) is 16.9. The van der Waals surface area contributed by atoms with Crippen molar-refractivity contribution in [2.24, 2.45) is 0 Å². The summed E-state index contributed by atoms with van der Waals surface area (Å²) in [6.45, 7) is 0.878. The number of benzene rings is 2. The summed E-state index contributed by atoms with van der Waals surface area (Å²) in [7, 11) is 5.70. The highest BCUT2D eigenvalue weighted by Gasteiger charge is 2.08. The van der Waals surface area contributed by atoms with Crippen LogP contribution in [-0.2, 0) is 0 Å². The average Bonchev–Trinajstić information content (AvgIpc) is 2.54. The van der Waals surface area contributed by atoms with E-state index in [1.807, 2.05) is 50.5 Å². The molecule has 0 heterocycles. The lowest BCUT2D eigenvalue weighted by molar-refractivity contribution is 0.154. The Morgan fingerprint density at radius 3 is 2.05 bits per heavy atom. The van der Waals surface area contributed by atoms with Crippen molar-refractivity contribution < 1.29 is 9.84 Å². The van der Waals surface area contributed by atoms with E-state index in [0.717, 1.165) is 29.2 Å². The molecule has 118 valence electrons. The summed E-state index contributed by atoms with van der Waals surface area (Å²) < 4.78 is 5.16. The van der Waals surface area contributed by atoms with E-state index in [1.165, 1.54) is 4.90 Å². The van der Waals surface area contributed by atoms with Gasteiger partial charge in [0.25, 0.3) is 0 Å². The summed E-state index contributed by atoms with van der Waals surface area (Å²) in [5.74, 6) is 0.865. The topological polar surface area (TPSA) is 32.7 Å². The molecule has 0 aliphatic rings. The van der Waals surface area contributed by atoms with Crippen molar-refractivity contribution in [2.75, 3.05) is 27.7 Å². The van der Waals surface area contributed by atoms with Crippen LogP contribution >= 0.6 is 11.8 Å². The molecule has 1 N–H and O–H groups in total. The number of hydrogen-bond acceptors (Lipinski definition) is 4. The maximum atomic E-state index is 10.2. The molecule has 0 fully saturated rings. The van der Waals surface area contributed by atoms with Gasteiger partial charge in [-0.25, -0.2) is 0 Å². The van der Waals surface area contributed by atoms with Gasteiger partial charge in [0.15, 0.2) is 0 Å². The quantitative estimate of drug-likeness (QED) is 0.841. The monoisotopic (exact) mass is 317 g/mol. The van der Waals surface area contributed by atoms with E-state index in [4.69, 9.17) is 4.74 Å². The molecule has 4 heteroatoms. The van der Waals surface area contributed by atoms with Gasteiger partial charge < -0.3 is 14.7 Å². The van der Waals surface area contributed by atoms with Crippen LogP contribution in [-0.4, -0.2) is 37.8 Å². The highest BCUT2D eigenvalue weighted by Crippen LogP contribution is 2.30. The van der Waals surface area contributed by atoms with Crippen LogP contribution in [0.2, 0.25) is 0 Å². The van der Waals surface area contributed by atoms with Crippen molar-refractivity contribution >= 4 is 11.8 Å². The summed E-state index contributed by atoms with van der Waals surface area (Å²) >= 11 is 1.70. The van der Waals surface area contributed by atoms with Crippen LogP contribution in [0.5, 0.6) is 5.75 Å². The molecule has 0 aliphatic carbocycles. The molecule has 2 aromatic rings. The molecule has 3 nitrogen and oxygen atoms in total. The predicted molar refractivity (Wildman–Crippen MR) is 91.7 cm³/mol. The van der Waals surface area contributed by atoms with Crippen LogP contribution in [0.1, 0.15) is 18.1 Å². The minimum Gasteiger partial charge on any atom is -0.497 e. The van der Waals surface area contributed by atoms with E-state index >= 15 is 0 Å². The van der Waals surface area contributed by atoms with Crippen LogP contribution < -0.4 is 4.74 Å². The van der Waals surface area contributed by atoms with Crippen molar-refractivity contribution in [3.05, 3.63) is 54.1 Å². The lowest BCUT2D eigenvalue weighted by Gasteiger charge is -2.15. The van der Waals surface area contributed by atoms with E-state index < -0.39 is 6.10 Å². The summed E-state index contributed by atoms with van der Waals surface area (Å²) in [6, 6.07) is 16.1. The Morgan fingerprint density at radius 1 is 1.00 bits per heavy atom. The first-order valence-corrected chi connectivity index (χ1v) is 8.15. The fraction of sp³-hybridized carbons (Fsp3) is 0.333. The number of hydrogen-bond donors (Lipinski definition) is 1. The number of nitrogens with zero attached hydrogens (tertiary/aromatic N) is 1. The summed E-state index contributed by atoms with van der Waals surface area (Å²) in [5, 5.41) is 10.2. The van der Waals surface area contributed by atoms with Gasteiger partial charge in [0.05, 0.1) is 13.2 Å². The Balaban J connectivity index is 1.96. The highest BCUT2D eigenvalue weighted by molar-refractivity contribution is 7.99. The van der Waals surface area contributed by atoms with Crippen molar-refractivity contribution in [1.82, 2.24) is 4.90 Å². The SMILES string of the molecule is COc1ccc(Sc2ccc(C(O)CCN(C)C)cc2)cc1. The molecule has 1 atom stereocenters. The standard InChI is InChI=1S/C18H23NO2S/c1-19(2)13-12-18(20)14-4-8-16(9-5-14)22-17-10-6-15(21-3)7-11-17/h4-11,18,20H,12-13H2,1-3H3. The summed E-state index contributed by atoms with van der Waals surface area (Å²) in [5.41, 5.74) is 0.973. The van der Waals surface area contributed by atoms with Crippen LogP contribution in [0.4, 0.5) is 0 Å². The van der Waals surface area contributed by atoms with Gasteiger partial charge in [-0.1, -0.05) is 23.9 Å². The fourth-order valence-electron chi connectivity index (χ4n) is 2.09. The zero-order valence-electron chi connectivity index (χ0n) is 13.3. The molecule has 1 unspecified atom stereocenters. The Morgan fingerprint density at radius 2 is 1.55 bits per heavy atom. The van der Waals surface area contributed by atoms with Gasteiger partial charge in [-0.15, -0.1) is 0 Å². The molecular formula is C18H23NO2S. The number of ether oxygens (including phenoxy) is 1. The van der Waals surface area contributed by atoms with E-state index in [-0.39, 0.29) is 0 Å². The summed E-state index contributed by atoms with van der Waals surface area (Å²) in [4.78, 5) is 4.41. The number of aliphatic hydroxyl groups excluding tert-OH is 1. The normalized spacial score (nSPS) is 12.4. The van der Waals surface area contributed by atoms with E-state index in [1.54, 1.807) is 18.9 Å². The Bertz CT molecular complexity index is 567. The molecule has 0 radical (unpaired) electrons. The smallest absolute Gasteiger partial charge is 0.118 e. The molecule has 0 aromatic heterocycles. The Labute approximate surface area is 136 Å². The zero-order valence-corrected chi connectivity index (χ0v) is 14.1. The second kappa shape index (κ2) is 8.22. The van der Waals surface area contributed by atoms with Crippen LogP contribution in [0.15, 0.2) is 58.3 Å². The van der Waals surface area contributed by atoms with Gasteiger partial charge in [-0.2, -0.15) is 0 Å². The third kappa shape index (κ3) is 5.05. The van der Waals surface area contributed by atoms with E-state index in [2.05, 4.69) is 17.0 Å². The van der Waals surface area contributed by atoms with Gasteiger partial charge >= 0.3 is 0 Å². The second-order valence-corrected chi connectivity index (χ2v) is 6.60. The third-order valence-corrected chi connectivity index (χ3v) is 4.43. The molecular weight excluding hydrogens is 294 g/mol. The molecule has 0 saturated heterocycles. The zero-order chi connectivity index (χ0) is 15.9. The molecule has 0 spiro atoms. The Hall–Kier alpha value is -1.49. The number of rotatable bonds is 7. The maximum absolute atomic E-state index is 10.2. The molecule has 0 saturated carbocycles. The van der Waals surface area contributed by atoms with Gasteiger partial charge in [0, 0.05) is 16.3 Å². The van der Waals surface area contributed by atoms with Gasteiger partial charge in [-0.05, 0) is 62.5 Å². The third-order valence-electron chi connectivity index (χ3n) is 3.41. The van der Waals surface area contributed by atoms with Crippen LogP contribution in [0, 0.1) is 0 Å². The van der Waals surface area contributed by atoms with Crippen molar-refractivity contribution in [2.45, 2.75) is 22.3 Å².